The van der Waals surface area contributed by atoms with E-state index in [1.165, 1.54) is 23.3 Å². The molecule has 0 saturated carbocycles. The van der Waals surface area contributed by atoms with Crippen LogP contribution in [0.3, 0.4) is 0 Å². The molecule has 0 aliphatic carbocycles. The van der Waals surface area contributed by atoms with Crippen molar-refractivity contribution >= 4 is 11.6 Å². The van der Waals surface area contributed by atoms with Gasteiger partial charge in [-0.25, -0.2) is 4.39 Å². The van der Waals surface area contributed by atoms with Crippen molar-refractivity contribution in [3.63, 3.8) is 0 Å². The molecular formula is C29H39FN6O. The summed E-state index contributed by atoms with van der Waals surface area (Å²) in [5.41, 5.74) is 6.13. The third-order valence-corrected chi connectivity index (χ3v) is 8.09. The first-order chi connectivity index (χ1) is 17.6. The zero-order chi connectivity index (χ0) is 26.3. The largest absolute Gasteiger partial charge is 0.311 e. The quantitative estimate of drug-likeness (QED) is 0.608. The van der Waals surface area contributed by atoms with Crippen molar-refractivity contribution in [2.75, 3.05) is 50.7 Å². The number of fused-ring (bicyclic) bond motifs is 1. The second-order valence-electron chi connectivity index (χ2n) is 11.9. The van der Waals surface area contributed by atoms with Gasteiger partial charge in [-0.1, -0.05) is 37.1 Å². The molecule has 0 spiro atoms. The second-order valence-corrected chi connectivity index (χ2v) is 11.9. The van der Waals surface area contributed by atoms with Gasteiger partial charge in [0.05, 0.1) is 23.6 Å². The minimum absolute atomic E-state index is 0.110. The van der Waals surface area contributed by atoms with Gasteiger partial charge in [-0.2, -0.15) is 10.2 Å². The topological polar surface area (TPSA) is 64.6 Å². The third kappa shape index (κ3) is 5.61. The summed E-state index contributed by atoms with van der Waals surface area (Å²) >= 11 is 0. The maximum absolute atomic E-state index is 13.8. The van der Waals surface area contributed by atoms with Crippen molar-refractivity contribution in [1.29, 1.82) is 0 Å². The molecule has 0 radical (unpaired) electrons. The number of nitrogens with zero attached hydrogens (tertiary/aromatic N) is 5. The molecule has 0 bridgehead atoms. The van der Waals surface area contributed by atoms with Gasteiger partial charge in [-0.15, -0.1) is 0 Å². The lowest BCUT2D eigenvalue weighted by molar-refractivity contribution is -0.120. The van der Waals surface area contributed by atoms with Crippen LogP contribution in [0.25, 0.3) is 0 Å². The molecule has 1 amide bonds. The Hall–Kier alpha value is -2.68. The SMILES string of the molecule is CC1=C(C)CN(C[C@H]2CN[C@H](C)CN2CC(=O)N2CC(C)(C)c3nnc(Cc4ccc(F)cc4)cc32)C1. The average molecular weight is 507 g/mol. The molecule has 8 heteroatoms. The van der Waals surface area contributed by atoms with Crippen molar-refractivity contribution in [1.82, 2.24) is 25.3 Å². The first-order valence-corrected chi connectivity index (χ1v) is 13.4. The van der Waals surface area contributed by atoms with E-state index in [0.29, 0.717) is 31.6 Å². The Bertz CT molecular complexity index is 1180. The standard InChI is InChI=1S/C29H39FN6O/c1-19-13-34(14-20(19)2)16-25-12-31-21(3)15-35(25)17-27(37)36-18-29(4,5)28-26(36)11-24(32-33-28)10-22-6-8-23(30)9-7-22/h6-9,11,21,25,31H,10,12-18H2,1-5H3/t21-,25-/m1/s1. The molecule has 1 aromatic carbocycles. The predicted octanol–water partition coefficient (Wildman–Crippen LogP) is 3.15. The van der Waals surface area contributed by atoms with Gasteiger partial charge in [-0.3, -0.25) is 14.6 Å². The molecule has 37 heavy (non-hydrogen) atoms. The van der Waals surface area contributed by atoms with Gasteiger partial charge >= 0.3 is 0 Å². The zero-order valence-corrected chi connectivity index (χ0v) is 22.7. The van der Waals surface area contributed by atoms with E-state index >= 15 is 0 Å². The maximum atomic E-state index is 13.8. The predicted molar refractivity (Wildman–Crippen MR) is 144 cm³/mol. The summed E-state index contributed by atoms with van der Waals surface area (Å²) < 4.78 is 13.3. The van der Waals surface area contributed by atoms with Gasteiger partial charge in [-0.05, 0) is 44.5 Å². The summed E-state index contributed by atoms with van der Waals surface area (Å²) in [6.07, 6.45) is 0.545. The Kier molecular flexibility index (Phi) is 7.18. The molecule has 3 aliphatic rings. The van der Waals surface area contributed by atoms with Crippen molar-refractivity contribution in [3.8, 4) is 0 Å². The molecular weight excluding hydrogens is 467 g/mol. The Balaban J connectivity index is 1.32. The Morgan fingerprint density at radius 3 is 2.54 bits per heavy atom. The molecule has 1 saturated heterocycles. The lowest BCUT2D eigenvalue weighted by Gasteiger charge is -2.41. The van der Waals surface area contributed by atoms with E-state index in [-0.39, 0.29) is 17.1 Å². The summed E-state index contributed by atoms with van der Waals surface area (Å²) in [5, 5.41) is 12.6. The van der Waals surface area contributed by atoms with Crippen LogP contribution in [0.2, 0.25) is 0 Å². The minimum atomic E-state index is -0.265. The van der Waals surface area contributed by atoms with E-state index in [1.54, 1.807) is 12.1 Å². The van der Waals surface area contributed by atoms with Crippen LogP contribution in [0.1, 0.15) is 51.6 Å². The average Bonchev–Trinajstić information content (AvgIpc) is 3.31. The number of anilines is 1. The van der Waals surface area contributed by atoms with Crippen molar-refractivity contribution in [2.45, 2.75) is 58.5 Å². The molecule has 1 N–H and O–H groups in total. The number of hydrogen-bond donors (Lipinski definition) is 1. The van der Waals surface area contributed by atoms with Crippen LogP contribution < -0.4 is 10.2 Å². The fraction of sp³-hybridized carbons (Fsp3) is 0.552. The van der Waals surface area contributed by atoms with E-state index in [4.69, 9.17) is 0 Å². The molecule has 198 valence electrons. The van der Waals surface area contributed by atoms with Gasteiger partial charge in [0.25, 0.3) is 0 Å². The number of halogens is 1. The van der Waals surface area contributed by atoms with Crippen LogP contribution in [-0.2, 0) is 16.6 Å². The highest BCUT2D eigenvalue weighted by atomic mass is 19.1. The van der Waals surface area contributed by atoms with Gasteiger partial charge in [0.15, 0.2) is 0 Å². The highest BCUT2D eigenvalue weighted by molar-refractivity contribution is 5.97. The van der Waals surface area contributed by atoms with Gasteiger partial charge in [0.1, 0.15) is 5.82 Å². The number of carbonyl (C=O) groups is 1. The fourth-order valence-corrected chi connectivity index (χ4v) is 5.87. The molecule has 2 aromatic rings. The number of piperazine rings is 1. The van der Waals surface area contributed by atoms with E-state index in [0.717, 1.165) is 55.4 Å². The van der Waals surface area contributed by atoms with Crippen LogP contribution in [0.15, 0.2) is 41.5 Å². The molecule has 1 aromatic heterocycles. The highest BCUT2D eigenvalue weighted by Gasteiger charge is 2.41. The lowest BCUT2D eigenvalue weighted by Crippen LogP contribution is -2.60. The third-order valence-electron chi connectivity index (χ3n) is 8.09. The number of rotatable bonds is 6. The van der Waals surface area contributed by atoms with Gasteiger partial charge < -0.3 is 10.2 Å². The smallest absolute Gasteiger partial charge is 0.241 e. The number of benzene rings is 1. The van der Waals surface area contributed by atoms with Crippen LogP contribution in [0, 0.1) is 5.82 Å². The number of aromatic nitrogens is 2. The molecule has 4 heterocycles. The Morgan fingerprint density at radius 2 is 1.84 bits per heavy atom. The summed E-state index contributed by atoms with van der Waals surface area (Å²) in [7, 11) is 0. The van der Waals surface area contributed by atoms with E-state index in [9.17, 15) is 9.18 Å². The molecule has 3 aliphatic heterocycles. The monoisotopic (exact) mass is 506 g/mol. The molecule has 7 nitrogen and oxygen atoms in total. The van der Waals surface area contributed by atoms with Crippen LogP contribution in [-0.4, -0.2) is 83.8 Å². The van der Waals surface area contributed by atoms with Crippen LogP contribution in [0.5, 0.6) is 0 Å². The minimum Gasteiger partial charge on any atom is -0.311 e. The first kappa shape index (κ1) is 25.9. The first-order valence-electron chi connectivity index (χ1n) is 13.4. The maximum Gasteiger partial charge on any atom is 0.241 e. The molecule has 1 fully saturated rings. The number of carbonyl (C=O) groups excluding carboxylic acids is 1. The van der Waals surface area contributed by atoms with E-state index in [1.807, 2.05) is 11.0 Å². The lowest BCUT2D eigenvalue weighted by atomic mass is 9.91. The van der Waals surface area contributed by atoms with Crippen molar-refractivity contribution in [3.05, 3.63) is 64.2 Å². The Labute approximate surface area is 219 Å². The highest BCUT2D eigenvalue weighted by Crippen LogP contribution is 2.39. The summed E-state index contributed by atoms with van der Waals surface area (Å²) in [6, 6.07) is 9.08. The number of hydrogen-bond acceptors (Lipinski definition) is 6. The molecule has 2 atom stereocenters. The van der Waals surface area contributed by atoms with Crippen molar-refractivity contribution in [2.24, 2.45) is 0 Å². The van der Waals surface area contributed by atoms with Crippen LogP contribution >= 0.6 is 0 Å². The number of amides is 1. The molecule has 5 rings (SSSR count). The summed E-state index contributed by atoms with van der Waals surface area (Å²) in [5.74, 6) is -0.146. The number of nitrogens with one attached hydrogen (secondary N) is 1. The van der Waals surface area contributed by atoms with E-state index in [2.05, 4.69) is 59.9 Å². The summed E-state index contributed by atoms with van der Waals surface area (Å²) in [4.78, 5) is 20.6. The Morgan fingerprint density at radius 1 is 1.14 bits per heavy atom. The fourth-order valence-electron chi connectivity index (χ4n) is 5.87. The van der Waals surface area contributed by atoms with Crippen LogP contribution in [0.4, 0.5) is 10.1 Å². The normalized spacial score (nSPS) is 24.1. The van der Waals surface area contributed by atoms with Crippen molar-refractivity contribution < 1.29 is 9.18 Å². The van der Waals surface area contributed by atoms with Gasteiger partial charge in [0, 0.05) is 63.2 Å². The summed E-state index contributed by atoms with van der Waals surface area (Å²) in [6.45, 7) is 16.6. The second kappa shape index (κ2) is 10.2. The zero-order valence-electron chi connectivity index (χ0n) is 22.7. The van der Waals surface area contributed by atoms with Gasteiger partial charge in [0.2, 0.25) is 5.91 Å². The molecule has 0 unspecified atom stereocenters. The van der Waals surface area contributed by atoms with E-state index < -0.39 is 0 Å².